The average molecular weight is 281 g/mol. The lowest BCUT2D eigenvalue weighted by Gasteiger charge is -2.19. The van der Waals surface area contributed by atoms with E-state index in [2.05, 4.69) is 15.2 Å². The van der Waals surface area contributed by atoms with Crippen LogP contribution in [0.15, 0.2) is 36.7 Å². The second-order valence-corrected chi connectivity index (χ2v) is 4.71. The molecule has 0 spiro atoms. The van der Waals surface area contributed by atoms with Crippen molar-refractivity contribution in [3.8, 4) is 0 Å². The van der Waals surface area contributed by atoms with E-state index in [0.29, 0.717) is 17.0 Å². The van der Waals surface area contributed by atoms with Gasteiger partial charge in [0.1, 0.15) is 11.7 Å². The number of nitrogen functional groups attached to an aromatic ring is 1. The largest absolute Gasteiger partial charge is 0.384 e. The Morgan fingerprint density at radius 1 is 1.33 bits per heavy atom. The Bertz CT molecular complexity index is 821. The van der Waals surface area contributed by atoms with E-state index in [4.69, 9.17) is 11.1 Å². The summed E-state index contributed by atoms with van der Waals surface area (Å²) in [7, 11) is 1.89. The fourth-order valence-electron chi connectivity index (χ4n) is 2.17. The van der Waals surface area contributed by atoms with Gasteiger partial charge in [0.25, 0.3) is 0 Å². The molecule has 0 atom stereocenters. The molecular formula is C14H15N7. The van der Waals surface area contributed by atoms with E-state index in [1.54, 1.807) is 12.3 Å². The zero-order chi connectivity index (χ0) is 15.0. The number of rotatable bonds is 3. The predicted molar refractivity (Wildman–Crippen MR) is 81.0 cm³/mol. The molecule has 7 nitrogen and oxygen atoms in total. The number of nitrogens with zero attached hydrogens (tertiary/aromatic N) is 5. The van der Waals surface area contributed by atoms with Crippen LogP contribution in [-0.4, -0.2) is 32.5 Å². The molecule has 2 aromatic heterocycles. The van der Waals surface area contributed by atoms with E-state index in [0.717, 1.165) is 11.5 Å². The summed E-state index contributed by atoms with van der Waals surface area (Å²) in [4.78, 5) is 6.29. The summed E-state index contributed by atoms with van der Waals surface area (Å²) < 4.78 is 1.88. The van der Waals surface area contributed by atoms with Gasteiger partial charge in [-0.1, -0.05) is 12.1 Å². The average Bonchev–Trinajstić information content (AvgIpc) is 2.88. The summed E-state index contributed by atoms with van der Waals surface area (Å²) in [5.41, 5.74) is 7.77. The quantitative estimate of drug-likeness (QED) is 0.560. The maximum atomic E-state index is 7.53. The minimum absolute atomic E-state index is 0.0368. The standard InChI is InChI=1S/C14H15N7/c1-9-18-19-14-13(17-6-7-21(9)14)20(2)11-5-3-4-10(8-11)12(15)16/h3-8H,1-2H3,(H3,15,16). The van der Waals surface area contributed by atoms with Crippen LogP contribution in [0.1, 0.15) is 11.4 Å². The lowest BCUT2D eigenvalue weighted by atomic mass is 10.2. The smallest absolute Gasteiger partial charge is 0.204 e. The van der Waals surface area contributed by atoms with Gasteiger partial charge in [-0.05, 0) is 19.1 Å². The fraction of sp³-hybridized carbons (Fsp3) is 0.143. The third-order valence-corrected chi connectivity index (χ3v) is 3.34. The number of nitrogens with one attached hydrogen (secondary N) is 1. The van der Waals surface area contributed by atoms with Crippen LogP contribution in [0, 0.1) is 12.3 Å². The normalized spacial score (nSPS) is 10.8. The Labute approximate surface area is 121 Å². The Hall–Kier alpha value is -2.96. The predicted octanol–water partition coefficient (Wildman–Crippen LogP) is 1.48. The van der Waals surface area contributed by atoms with Crippen molar-refractivity contribution in [2.75, 3.05) is 11.9 Å². The lowest BCUT2D eigenvalue weighted by Crippen LogP contribution is -2.15. The zero-order valence-corrected chi connectivity index (χ0v) is 11.8. The molecule has 0 unspecified atom stereocenters. The fourth-order valence-corrected chi connectivity index (χ4v) is 2.17. The Balaban J connectivity index is 2.10. The van der Waals surface area contributed by atoms with Crippen molar-refractivity contribution in [3.05, 3.63) is 48.0 Å². The Kier molecular flexibility index (Phi) is 3.02. The number of fused-ring (bicyclic) bond motifs is 1. The Morgan fingerprint density at radius 3 is 2.90 bits per heavy atom. The van der Waals surface area contributed by atoms with Gasteiger partial charge < -0.3 is 10.6 Å². The maximum absolute atomic E-state index is 7.53. The van der Waals surface area contributed by atoms with E-state index < -0.39 is 0 Å². The molecule has 0 fully saturated rings. The van der Waals surface area contributed by atoms with Gasteiger partial charge in [0.2, 0.25) is 5.65 Å². The summed E-state index contributed by atoms with van der Waals surface area (Å²) in [6.45, 7) is 1.89. The SMILES string of the molecule is Cc1nnc2c(N(C)c3cccc(C(=N)N)c3)nccn12. The first-order valence-corrected chi connectivity index (χ1v) is 6.42. The molecule has 3 rings (SSSR count). The third kappa shape index (κ3) is 2.18. The van der Waals surface area contributed by atoms with Gasteiger partial charge in [0, 0.05) is 30.7 Å². The summed E-state index contributed by atoms with van der Waals surface area (Å²) >= 11 is 0. The second kappa shape index (κ2) is 4.86. The summed E-state index contributed by atoms with van der Waals surface area (Å²) in [6.07, 6.45) is 3.54. The molecule has 0 aliphatic rings. The number of aromatic nitrogens is 4. The first-order valence-electron chi connectivity index (χ1n) is 6.42. The molecule has 3 N–H and O–H groups in total. The van der Waals surface area contributed by atoms with E-state index in [9.17, 15) is 0 Å². The molecule has 0 amide bonds. The van der Waals surface area contributed by atoms with Crippen molar-refractivity contribution >= 4 is 23.0 Å². The minimum Gasteiger partial charge on any atom is -0.384 e. The molecule has 0 aliphatic carbocycles. The topological polar surface area (TPSA) is 96.2 Å². The van der Waals surface area contributed by atoms with Crippen molar-refractivity contribution in [2.24, 2.45) is 5.73 Å². The highest BCUT2D eigenvalue weighted by atomic mass is 15.3. The van der Waals surface area contributed by atoms with Gasteiger partial charge in [-0.15, -0.1) is 10.2 Å². The number of hydrogen-bond donors (Lipinski definition) is 2. The number of hydrogen-bond acceptors (Lipinski definition) is 5. The van der Waals surface area contributed by atoms with Crippen LogP contribution >= 0.6 is 0 Å². The van der Waals surface area contributed by atoms with Gasteiger partial charge in [0.15, 0.2) is 5.82 Å². The van der Waals surface area contributed by atoms with Crippen LogP contribution in [0.3, 0.4) is 0 Å². The molecule has 2 heterocycles. The van der Waals surface area contributed by atoms with Crippen LogP contribution < -0.4 is 10.6 Å². The van der Waals surface area contributed by atoms with Crippen LogP contribution in [0.5, 0.6) is 0 Å². The van der Waals surface area contributed by atoms with Gasteiger partial charge in [-0.3, -0.25) is 9.81 Å². The second-order valence-electron chi connectivity index (χ2n) is 4.71. The van der Waals surface area contributed by atoms with Crippen molar-refractivity contribution < 1.29 is 0 Å². The van der Waals surface area contributed by atoms with Crippen LogP contribution in [0.4, 0.5) is 11.5 Å². The molecule has 0 saturated carbocycles. The molecule has 0 aliphatic heterocycles. The first-order chi connectivity index (χ1) is 10.1. The highest BCUT2D eigenvalue weighted by molar-refractivity contribution is 5.96. The van der Waals surface area contributed by atoms with Crippen LogP contribution in [0.25, 0.3) is 5.65 Å². The number of aryl methyl sites for hydroxylation is 1. The molecule has 7 heteroatoms. The Morgan fingerprint density at radius 2 is 2.14 bits per heavy atom. The molecule has 0 radical (unpaired) electrons. The van der Waals surface area contributed by atoms with Crippen molar-refractivity contribution in [2.45, 2.75) is 6.92 Å². The number of amidine groups is 1. The van der Waals surface area contributed by atoms with Gasteiger partial charge in [0.05, 0.1) is 0 Å². The van der Waals surface area contributed by atoms with E-state index in [-0.39, 0.29) is 5.84 Å². The van der Waals surface area contributed by atoms with E-state index >= 15 is 0 Å². The first kappa shape index (κ1) is 13.0. The summed E-state index contributed by atoms with van der Waals surface area (Å²) in [5, 5.41) is 15.8. The highest BCUT2D eigenvalue weighted by Crippen LogP contribution is 2.25. The summed E-state index contributed by atoms with van der Waals surface area (Å²) in [5.74, 6) is 1.54. The molecule has 3 aromatic rings. The van der Waals surface area contributed by atoms with Crippen molar-refractivity contribution in [1.29, 1.82) is 5.41 Å². The van der Waals surface area contributed by atoms with Crippen molar-refractivity contribution in [1.82, 2.24) is 19.6 Å². The number of anilines is 2. The maximum Gasteiger partial charge on any atom is 0.204 e. The number of nitrogens with two attached hydrogens (primary N) is 1. The van der Waals surface area contributed by atoms with Crippen LogP contribution in [0.2, 0.25) is 0 Å². The van der Waals surface area contributed by atoms with E-state index in [1.807, 2.05) is 47.7 Å². The number of benzene rings is 1. The van der Waals surface area contributed by atoms with Crippen molar-refractivity contribution in [3.63, 3.8) is 0 Å². The monoisotopic (exact) mass is 281 g/mol. The van der Waals surface area contributed by atoms with Gasteiger partial charge in [-0.2, -0.15) is 0 Å². The summed E-state index contributed by atoms with van der Waals surface area (Å²) in [6, 6.07) is 7.43. The van der Waals surface area contributed by atoms with Crippen LogP contribution in [-0.2, 0) is 0 Å². The highest BCUT2D eigenvalue weighted by Gasteiger charge is 2.13. The molecule has 21 heavy (non-hydrogen) atoms. The van der Waals surface area contributed by atoms with Gasteiger partial charge in [-0.25, -0.2) is 4.98 Å². The van der Waals surface area contributed by atoms with E-state index in [1.165, 1.54) is 0 Å². The molecule has 0 bridgehead atoms. The minimum atomic E-state index is 0.0368. The molecular weight excluding hydrogens is 266 g/mol. The molecule has 106 valence electrons. The lowest BCUT2D eigenvalue weighted by molar-refractivity contribution is 0.998. The zero-order valence-electron chi connectivity index (χ0n) is 11.8. The third-order valence-electron chi connectivity index (χ3n) is 3.34. The molecule has 0 saturated heterocycles. The van der Waals surface area contributed by atoms with Gasteiger partial charge >= 0.3 is 0 Å². The molecule has 1 aromatic carbocycles.